The van der Waals surface area contributed by atoms with E-state index in [1.165, 1.54) is 321 Å². The number of nitrogens with one attached hydrogen (secondary N) is 1. The van der Waals surface area contributed by atoms with Crippen molar-refractivity contribution in [3.8, 4) is 0 Å². The Morgan fingerprint density at radius 1 is 0.346 bits per heavy atom. The number of rotatable bonds is 67. The Balaban J connectivity index is 3.40. The number of amides is 1. The second-order valence-corrected chi connectivity index (χ2v) is 24.6. The van der Waals surface area contributed by atoms with Gasteiger partial charge in [-0.1, -0.05) is 334 Å². The van der Waals surface area contributed by atoms with Gasteiger partial charge in [0.15, 0.2) is 0 Å². The van der Waals surface area contributed by atoms with E-state index in [-0.39, 0.29) is 18.5 Å². The molecule has 0 aliphatic rings. The van der Waals surface area contributed by atoms with E-state index in [0.717, 1.165) is 44.9 Å². The summed E-state index contributed by atoms with van der Waals surface area (Å²) in [5.74, 6) is -0.0297. The molecule has 0 saturated carbocycles. The predicted molar refractivity (Wildman–Crippen MR) is 343 cm³/mol. The third-order valence-electron chi connectivity index (χ3n) is 16.7. The minimum absolute atomic E-state index is 0.00887. The van der Waals surface area contributed by atoms with Crippen LogP contribution < -0.4 is 5.32 Å². The first-order valence-corrected chi connectivity index (χ1v) is 35.6. The van der Waals surface area contributed by atoms with Crippen LogP contribution in [0.2, 0.25) is 0 Å². The highest BCUT2D eigenvalue weighted by atomic mass is 16.5. The molecular weight excluding hydrogens is 959 g/mol. The molecule has 2 atom stereocenters. The fourth-order valence-electron chi connectivity index (χ4n) is 11.3. The Morgan fingerprint density at radius 3 is 0.910 bits per heavy atom. The van der Waals surface area contributed by atoms with Gasteiger partial charge in [0, 0.05) is 12.8 Å². The zero-order valence-electron chi connectivity index (χ0n) is 52.9. The lowest BCUT2D eigenvalue weighted by Crippen LogP contribution is -2.45. The minimum Gasteiger partial charge on any atom is -0.466 e. The molecule has 0 saturated heterocycles. The van der Waals surface area contributed by atoms with Crippen molar-refractivity contribution in [1.29, 1.82) is 0 Å². The first kappa shape index (κ1) is 76.3. The third-order valence-corrected chi connectivity index (χ3v) is 16.7. The number of carbonyl (C=O) groups is 2. The molecule has 0 aromatic carbocycles. The van der Waals surface area contributed by atoms with Gasteiger partial charge in [-0.2, -0.15) is 0 Å². The summed E-state index contributed by atoms with van der Waals surface area (Å²) in [6.45, 7) is 4.98. The van der Waals surface area contributed by atoms with Crippen molar-refractivity contribution >= 4 is 11.9 Å². The second kappa shape index (κ2) is 67.8. The summed E-state index contributed by atoms with van der Waals surface area (Å²) in [7, 11) is 0. The molecule has 3 N–H and O–H groups in total. The molecule has 6 heteroatoms. The molecule has 6 nitrogen and oxygen atoms in total. The number of hydrogen-bond donors (Lipinski definition) is 3. The minimum atomic E-state index is -0.670. The van der Waals surface area contributed by atoms with Crippen LogP contribution in [-0.2, 0) is 14.3 Å². The van der Waals surface area contributed by atoms with Gasteiger partial charge >= 0.3 is 5.97 Å². The maximum atomic E-state index is 12.5. The molecule has 0 aliphatic heterocycles. The topological polar surface area (TPSA) is 95.9 Å². The molecule has 0 rings (SSSR count). The van der Waals surface area contributed by atoms with E-state index in [1.807, 2.05) is 0 Å². The highest BCUT2D eigenvalue weighted by Crippen LogP contribution is 2.19. The first-order chi connectivity index (χ1) is 38.5. The van der Waals surface area contributed by atoms with Gasteiger partial charge in [-0.15, -0.1) is 0 Å². The maximum absolute atomic E-state index is 12.5. The molecule has 0 bridgehead atoms. The maximum Gasteiger partial charge on any atom is 0.305 e. The van der Waals surface area contributed by atoms with Crippen molar-refractivity contribution in [3.05, 3.63) is 24.3 Å². The quantitative estimate of drug-likeness (QED) is 0.0320. The third kappa shape index (κ3) is 63.5. The molecule has 0 aliphatic carbocycles. The van der Waals surface area contributed by atoms with Crippen LogP contribution in [0.25, 0.3) is 0 Å². The summed E-state index contributed by atoms with van der Waals surface area (Å²) in [5.41, 5.74) is 0. The van der Waals surface area contributed by atoms with Gasteiger partial charge in [0.25, 0.3) is 0 Å². The Kier molecular flexibility index (Phi) is 66.4. The van der Waals surface area contributed by atoms with Gasteiger partial charge in [-0.3, -0.25) is 9.59 Å². The van der Waals surface area contributed by atoms with Crippen LogP contribution in [0.5, 0.6) is 0 Å². The average molecular weight is 1100 g/mol. The Morgan fingerprint density at radius 2 is 0.603 bits per heavy atom. The van der Waals surface area contributed by atoms with Gasteiger partial charge in [-0.05, 0) is 77.0 Å². The molecule has 1 amide bonds. The highest BCUT2D eigenvalue weighted by molar-refractivity contribution is 5.76. The molecule has 0 heterocycles. The summed E-state index contributed by atoms with van der Waals surface area (Å²) < 4.78 is 5.50. The zero-order chi connectivity index (χ0) is 56.4. The van der Waals surface area contributed by atoms with E-state index in [2.05, 4.69) is 43.5 Å². The molecule has 462 valence electrons. The lowest BCUT2D eigenvalue weighted by Gasteiger charge is -2.22. The Bertz CT molecular complexity index is 1220. The van der Waals surface area contributed by atoms with Crippen molar-refractivity contribution < 1.29 is 24.5 Å². The SMILES string of the molecule is CCCCCCCC/C=C\CCCCCCCCCCCC(=O)OCCCCCCCCCCCC/C=C\CCCCCCCCCC(=O)NC(CO)C(O)CCCCCCCCCCCCCCCCCCCCCCC. The molecule has 0 fully saturated rings. The summed E-state index contributed by atoms with van der Waals surface area (Å²) in [4.78, 5) is 24.7. The van der Waals surface area contributed by atoms with Gasteiger partial charge in [0.1, 0.15) is 0 Å². The lowest BCUT2D eigenvalue weighted by molar-refractivity contribution is -0.143. The molecule has 2 unspecified atom stereocenters. The van der Waals surface area contributed by atoms with E-state index < -0.39 is 12.1 Å². The van der Waals surface area contributed by atoms with Crippen molar-refractivity contribution in [2.45, 2.75) is 411 Å². The molecular formula is C72H139NO5. The van der Waals surface area contributed by atoms with Crippen molar-refractivity contribution in [1.82, 2.24) is 5.32 Å². The van der Waals surface area contributed by atoms with E-state index in [0.29, 0.717) is 25.9 Å². The molecule has 78 heavy (non-hydrogen) atoms. The summed E-state index contributed by atoms with van der Waals surface area (Å²) in [6.07, 6.45) is 85.0. The van der Waals surface area contributed by atoms with E-state index in [9.17, 15) is 19.8 Å². The number of hydrogen-bond acceptors (Lipinski definition) is 5. The number of carbonyl (C=O) groups excluding carboxylic acids is 2. The van der Waals surface area contributed by atoms with Crippen molar-refractivity contribution in [2.24, 2.45) is 0 Å². The van der Waals surface area contributed by atoms with E-state index in [1.54, 1.807) is 0 Å². The van der Waals surface area contributed by atoms with Crippen LogP contribution >= 0.6 is 0 Å². The van der Waals surface area contributed by atoms with Crippen molar-refractivity contribution in [3.63, 3.8) is 0 Å². The van der Waals surface area contributed by atoms with Crippen LogP contribution in [0, 0.1) is 0 Å². The van der Waals surface area contributed by atoms with Crippen LogP contribution in [0.4, 0.5) is 0 Å². The van der Waals surface area contributed by atoms with Crippen LogP contribution in [0.3, 0.4) is 0 Å². The normalized spacial score (nSPS) is 12.6. The summed E-state index contributed by atoms with van der Waals surface area (Å²) >= 11 is 0. The number of aliphatic hydroxyl groups is 2. The Labute approximate surface area is 488 Å². The first-order valence-electron chi connectivity index (χ1n) is 35.6. The number of aliphatic hydroxyl groups excluding tert-OH is 2. The van der Waals surface area contributed by atoms with E-state index >= 15 is 0 Å². The standard InChI is InChI=1S/C72H139NO5/c1-3-5-7-9-11-13-15-17-19-21-23-25-29-32-36-40-44-48-52-56-60-64-70(75)69(68-74)73-71(76)65-61-57-53-49-45-41-37-33-30-26-24-27-31-35-39-43-47-51-55-59-63-67-78-72(77)66-62-58-54-50-46-42-38-34-28-22-20-18-16-14-12-10-8-6-4-2/h18,20,26,30,69-70,74-75H,3-17,19,21-25,27-29,31-68H2,1-2H3,(H,73,76)/b20-18-,30-26-. The monoisotopic (exact) mass is 1100 g/mol. The second-order valence-electron chi connectivity index (χ2n) is 24.6. The largest absolute Gasteiger partial charge is 0.466 e. The Hall–Kier alpha value is -1.66. The number of allylic oxidation sites excluding steroid dienone is 4. The summed E-state index contributed by atoms with van der Waals surface area (Å²) in [6, 6.07) is -0.548. The number of ether oxygens (including phenoxy) is 1. The summed E-state index contributed by atoms with van der Waals surface area (Å²) in [5, 5.41) is 23.4. The molecule has 0 spiro atoms. The van der Waals surface area contributed by atoms with Gasteiger partial charge < -0.3 is 20.3 Å². The van der Waals surface area contributed by atoms with Crippen LogP contribution in [-0.4, -0.2) is 47.4 Å². The van der Waals surface area contributed by atoms with Gasteiger partial charge in [0.05, 0.1) is 25.4 Å². The van der Waals surface area contributed by atoms with E-state index in [4.69, 9.17) is 4.74 Å². The molecule has 0 aromatic rings. The zero-order valence-corrected chi connectivity index (χ0v) is 52.9. The number of unbranched alkanes of at least 4 members (excludes halogenated alkanes) is 52. The van der Waals surface area contributed by atoms with Crippen LogP contribution in [0.1, 0.15) is 399 Å². The van der Waals surface area contributed by atoms with Gasteiger partial charge in [0.2, 0.25) is 5.91 Å². The fourth-order valence-corrected chi connectivity index (χ4v) is 11.3. The van der Waals surface area contributed by atoms with Crippen LogP contribution in [0.15, 0.2) is 24.3 Å². The van der Waals surface area contributed by atoms with Gasteiger partial charge in [-0.25, -0.2) is 0 Å². The smallest absolute Gasteiger partial charge is 0.305 e. The molecule has 0 radical (unpaired) electrons. The predicted octanol–water partition coefficient (Wildman–Crippen LogP) is 22.9. The molecule has 0 aromatic heterocycles. The van der Waals surface area contributed by atoms with Crippen molar-refractivity contribution in [2.75, 3.05) is 13.2 Å². The fraction of sp³-hybridized carbons (Fsp3) is 0.917. The number of esters is 1. The average Bonchev–Trinajstić information content (AvgIpc) is 3.44. The highest BCUT2D eigenvalue weighted by Gasteiger charge is 2.20. The lowest BCUT2D eigenvalue weighted by atomic mass is 10.0.